The quantitative estimate of drug-likeness (QED) is 0.568. The summed E-state index contributed by atoms with van der Waals surface area (Å²) in [4.78, 5) is 14.4. The van der Waals surface area contributed by atoms with E-state index in [0.29, 0.717) is 42.0 Å². The summed E-state index contributed by atoms with van der Waals surface area (Å²) in [6, 6.07) is 7.08. The zero-order chi connectivity index (χ0) is 20.9. The third-order valence-corrected chi connectivity index (χ3v) is 5.28. The Morgan fingerprint density at radius 2 is 1.72 bits per heavy atom. The lowest BCUT2D eigenvalue weighted by molar-refractivity contribution is -0.144. The molecule has 1 aliphatic rings. The van der Waals surface area contributed by atoms with Crippen LogP contribution in [0.4, 0.5) is 22.0 Å². The summed E-state index contributed by atoms with van der Waals surface area (Å²) in [5, 5.41) is 2.63. The number of halogens is 5. The van der Waals surface area contributed by atoms with E-state index < -0.39 is 35.3 Å². The number of H-pyrrole nitrogens is 1. The average molecular weight is 408 g/mol. The topological polar surface area (TPSA) is 44.9 Å². The molecule has 29 heavy (non-hydrogen) atoms. The molecule has 1 amide bonds. The van der Waals surface area contributed by atoms with Gasteiger partial charge in [-0.25, -0.2) is 13.2 Å². The number of alkyl halides is 2. The van der Waals surface area contributed by atoms with E-state index in [1.54, 1.807) is 0 Å². The van der Waals surface area contributed by atoms with Crippen LogP contribution in [0.25, 0.3) is 22.2 Å². The molecule has 3 nitrogen and oxygen atoms in total. The van der Waals surface area contributed by atoms with Crippen molar-refractivity contribution < 1.29 is 26.7 Å². The smallest absolute Gasteiger partial charge is 0.321 e. The van der Waals surface area contributed by atoms with Crippen LogP contribution >= 0.6 is 0 Å². The van der Waals surface area contributed by atoms with Gasteiger partial charge in [-0.05, 0) is 60.2 Å². The molecule has 3 aromatic rings. The Labute approximate surface area is 162 Å². The Hall–Kier alpha value is -2.90. The fraction of sp³-hybridized carbons (Fsp3) is 0.286. The maximum absolute atomic E-state index is 14.3. The Balaban J connectivity index is 1.71. The van der Waals surface area contributed by atoms with Crippen molar-refractivity contribution in [1.29, 1.82) is 0 Å². The van der Waals surface area contributed by atoms with Crippen LogP contribution in [0.15, 0.2) is 36.4 Å². The highest BCUT2D eigenvalue weighted by Gasteiger charge is 2.39. The minimum atomic E-state index is -3.47. The van der Waals surface area contributed by atoms with Crippen molar-refractivity contribution in [3.8, 4) is 11.3 Å². The Morgan fingerprint density at radius 1 is 1.07 bits per heavy atom. The van der Waals surface area contributed by atoms with Crippen molar-refractivity contribution in [3.05, 3.63) is 59.4 Å². The molecule has 1 aromatic heterocycles. The number of aromatic nitrogens is 1. The molecule has 2 aromatic carbocycles. The Kier molecular flexibility index (Phi) is 4.59. The van der Waals surface area contributed by atoms with E-state index >= 15 is 0 Å². The molecule has 0 aliphatic heterocycles. The second kappa shape index (κ2) is 6.86. The van der Waals surface area contributed by atoms with Gasteiger partial charge in [-0.2, -0.15) is 8.78 Å². The summed E-state index contributed by atoms with van der Waals surface area (Å²) in [5.41, 5.74) is 1.84. The van der Waals surface area contributed by atoms with E-state index in [1.165, 1.54) is 30.3 Å². The van der Waals surface area contributed by atoms with E-state index in [-0.39, 0.29) is 11.4 Å². The van der Waals surface area contributed by atoms with Crippen LogP contribution in [0.1, 0.15) is 31.2 Å². The van der Waals surface area contributed by atoms with Gasteiger partial charge in [-0.15, -0.1) is 0 Å². The molecule has 0 atom stereocenters. The highest BCUT2D eigenvalue weighted by atomic mass is 19.3. The second-order valence-corrected chi connectivity index (χ2v) is 7.46. The number of carbonyl (C=O) groups excluding carboxylic acids is 1. The number of carbonyl (C=O) groups is 1. The van der Waals surface area contributed by atoms with Gasteiger partial charge in [0.2, 0.25) is 0 Å². The first-order valence-corrected chi connectivity index (χ1v) is 9.09. The van der Waals surface area contributed by atoms with Crippen LogP contribution in [0, 0.1) is 17.5 Å². The van der Waals surface area contributed by atoms with Crippen molar-refractivity contribution in [3.63, 3.8) is 0 Å². The number of hydrogen-bond acceptors (Lipinski definition) is 1. The third-order valence-electron chi connectivity index (χ3n) is 5.28. The summed E-state index contributed by atoms with van der Waals surface area (Å²) in [6.07, 6.45) is 0.697. The lowest BCUT2D eigenvalue weighted by Gasteiger charge is -2.37. The molecule has 1 aliphatic carbocycles. The summed E-state index contributed by atoms with van der Waals surface area (Å²) in [6.45, 7) is 0.524. The summed E-state index contributed by atoms with van der Waals surface area (Å²) >= 11 is 0. The molecule has 4 rings (SSSR count). The van der Waals surface area contributed by atoms with Crippen molar-refractivity contribution in [2.45, 2.75) is 37.6 Å². The number of rotatable bonds is 4. The van der Waals surface area contributed by atoms with E-state index in [2.05, 4.69) is 10.3 Å². The van der Waals surface area contributed by atoms with E-state index in [9.17, 15) is 26.7 Å². The zero-order valence-corrected chi connectivity index (χ0v) is 15.3. The van der Waals surface area contributed by atoms with Crippen LogP contribution in [0.5, 0.6) is 0 Å². The van der Waals surface area contributed by atoms with Gasteiger partial charge in [0, 0.05) is 24.4 Å². The Morgan fingerprint density at radius 3 is 2.34 bits per heavy atom. The van der Waals surface area contributed by atoms with Gasteiger partial charge in [0.25, 0.3) is 5.91 Å². The first kappa shape index (κ1) is 19.4. The van der Waals surface area contributed by atoms with Gasteiger partial charge >= 0.3 is 5.92 Å². The lowest BCUT2D eigenvalue weighted by Crippen LogP contribution is -2.48. The molecule has 8 heteroatoms. The molecule has 0 saturated heterocycles. The molecule has 1 saturated carbocycles. The predicted molar refractivity (Wildman–Crippen MR) is 98.1 cm³/mol. The van der Waals surface area contributed by atoms with Gasteiger partial charge in [-0.1, -0.05) is 0 Å². The molecule has 1 fully saturated rings. The van der Waals surface area contributed by atoms with Gasteiger partial charge in [0.15, 0.2) is 0 Å². The molecule has 0 spiro atoms. The van der Waals surface area contributed by atoms with E-state index in [1.807, 2.05) is 0 Å². The first-order chi connectivity index (χ1) is 13.6. The monoisotopic (exact) mass is 408 g/mol. The highest BCUT2D eigenvalue weighted by molar-refractivity contribution is 5.92. The molecular formula is C21H17F5N2O. The van der Waals surface area contributed by atoms with Crippen LogP contribution in [-0.2, 0) is 4.79 Å². The number of fused-ring (bicyclic) bond motifs is 1. The fourth-order valence-corrected chi connectivity index (χ4v) is 3.79. The van der Waals surface area contributed by atoms with Crippen molar-refractivity contribution in [2.75, 3.05) is 0 Å². The lowest BCUT2D eigenvalue weighted by atomic mass is 9.74. The largest absolute Gasteiger partial charge is 0.352 e. The summed E-state index contributed by atoms with van der Waals surface area (Å²) in [7, 11) is 0. The third kappa shape index (κ3) is 3.59. The highest BCUT2D eigenvalue weighted by Crippen LogP contribution is 2.45. The second-order valence-electron chi connectivity index (χ2n) is 7.46. The minimum absolute atomic E-state index is 0.119. The van der Waals surface area contributed by atoms with Crippen LogP contribution in [0.2, 0.25) is 0 Å². The number of hydrogen-bond donors (Lipinski definition) is 2. The molecule has 0 unspecified atom stereocenters. The molecular weight excluding hydrogens is 391 g/mol. The van der Waals surface area contributed by atoms with Crippen LogP contribution in [-0.4, -0.2) is 22.9 Å². The maximum atomic E-state index is 14.3. The maximum Gasteiger partial charge on any atom is 0.321 e. The van der Waals surface area contributed by atoms with Gasteiger partial charge in [0.05, 0.1) is 11.2 Å². The fourth-order valence-electron chi connectivity index (χ4n) is 3.79. The van der Waals surface area contributed by atoms with Gasteiger partial charge < -0.3 is 10.3 Å². The van der Waals surface area contributed by atoms with Gasteiger partial charge in [-0.3, -0.25) is 4.79 Å². The normalized spacial score (nSPS) is 19.2. The summed E-state index contributed by atoms with van der Waals surface area (Å²) < 4.78 is 67.7. The predicted octanol–water partition coefficient (Wildman–Crippen LogP) is 5.27. The molecule has 0 bridgehead atoms. The number of amides is 1. The van der Waals surface area contributed by atoms with Crippen molar-refractivity contribution in [2.24, 2.45) is 0 Å². The minimum Gasteiger partial charge on any atom is -0.352 e. The number of aromatic amines is 1. The molecule has 0 radical (unpaired) electrons. The Bertz CT molecular complexity index is 1080. The number of benzene rings is 2. The van der Waals surface area contributed by atoms with Crippen molar-refractivity contribution in [1.82, 2.24) is 10.3 Å². The van der Waals surface area contributed by atoms with Gasteiger partial charge in [0.1, 0.15) is 17.5 Å². The van der Waals surface area contributed by atoms with Crippen molar-refractivity contribution >= 4 is 16.8 Å². The average Bonchev–Trinajstić information content (AvgIpc) is 2.96. The molecule has 2 N–H and O–H groups in total. The van der Waals surface area contributed by atoms with E-state index in [0.717, 1.165) is 6.07 Å². The summed E-state index contributed by atoms with van der Waals surface area (Å²) in [5.74, 6) is -6.97. The SMILES string of the molecule is CC(F)(F)C(=O)NC1CC(c2c(-c3ccc(F)cc3)[nH]c3c(F)cc(F)cc23)C1. The zero-order valence-electron chi connectivity index (χ0n) is 15.3. The molecule has 152 valence electrons. The molecule has 1 heterocycles. The standard InChI is InChI=1S/C21H17F5N2O/c1-21(25,26)20(29)27-14-6-11(7-14)17-15-8-13(23)9-16(24)19(15)28-18(17)10-2-4-12(22)5-3-10/h2-5,8-9,11,14,28H,6-7H2,1H3,(H,27,29). The van der Waals surface area contributed by atoms with Crippen LogP contribution < -0.4 is 5.32 Å². The van der Waals surface area contributed by atoms with E-state index in [4.69, 9.17) is 0 Å². The first-order valence-electron chi connectivity index (χ1n) is 9.09. The van der Waals surface area contributed by atoms with Crippen LogP contribution in [0.3, 0.4) is 0 Å². The number of nitrogens with one attached hydrogen (secondary N) is 2.